The second-order valence-electron chi connectivity index (χ2n) is 5.72. The van der Waals surface area contributed by atoms with Crippen LogP contribution < -0.4 is 0 Å². The van der Waals surface area contributed by atoms with Gasteiger partial charge < -0.3 is 0 Å². The monoisotopic (exact) mass is 382 g/mol. The van der Waals surface area contributed by atoms with E-state index in [0.29, 0.717) is 15.6 Å². The molecule has 0 N–H and O–H groups in total. The molecule has 3 rings (SSSR count). The van der Waals surface area contributed by atoms with E-state index in [1.54, 1.807) is 11.3 Å². The molecule has 1 aromatic heterocycles. The van der Waals surface area contributed by atoms with Gasteiger partial charge in [0.1, 0.15) is 0 Å². The van der Waals surface area contributed by atoms with E-state index in [2.05, 4.69) is 36.1 Å². The maximum Gasteiger partial charge on any atom is 0.0804 e. The summed E-state index contributed by atoms with van der Waals surface area (Å²) in [5.74, 6) is 9.08. The van der Waals surface area contributed by atoms with Gasteiger partial charge in [-0.25, -0.2) is 0 Å². The van der Waals surface area contributed by atoms with Gasteiger partial charge in [0.05, 0.1) is 14.9 Å². The highest BCUT2D eigenvalue weighted by Crippen LogP contribution is 2.33. The van der Waals surface area contributed by atoms with Crippen molar-refractivity contribution in [1.29, 1.82) is 0 Å². The second-order valence-corrected chi connectivity index (χ2v) is 7.39. The molecule has 2 aromatic carbocycles. The number of thiophene rings is 1. The van der Waals surface area contributed by atoms with Crippen molar-refractivity contribution in [2.75, 3.05) is 0 Å². The van der Waals surface area contributed by atoms with Crippen LogP contribution in [0.3, 0.4) is 0 Å². The second kappa shape index (κ2) is 7.99. The smallest absolute Gasteiger partial charge is 0.0804 e. The van der Waals surface area contributed by atoms with Gasteiger partial charge in [-0.1, -0.05) is 66.4 Å². The Morgan fingerprint density at radius 3 is 2.32 bits per heavy atom. The van der Waals surface area contributed by atoms with Gasteiger partial charge in [0.25, 0.3) is 0 Å². The first-order valence-electron chi connectivity index (χ1n) is 8.11. The maximum absolute atomic E-state index is 6.56. The van der Waals surface area contributed by atoms with Crippen LogP contribution in [0.4, 0.5) is 0 Å². The minimum Gasteiger partial charge on any atom is -0.135 e. The van der Waals surface area contributed by atoms with Crippen molar-refractivity contribution < 1.29 is 0 Å². The third-order valence-corrected chi connectivity index (χ3v) is 5.77. The number of halogens is 2. The molecule has 1 heterocycles. The molecule has 0 aliphatic carbocycles. The molecular formula is C22H16Cl2S. The van der Waals surface area contributed by atoms with E-state index in [1.165, 1.54) is 18.4 Å². The van der Waals surface area contributed by atoms with Gasteiger partial charge in [-0.15, -0.1) is 17.8 Å². The van der Waals surface area contributed by atoms with Crippen LogP contribution in [0.25, 0.3) is 10.8 Å². The zero-order valence-corrected chi connectivity index (χ0v) is 16.2. The number of terminal acetylenes is 1. The highest BCUT2D eigenvalue weighted by atomic mass is 35.5. The van der Waals surface area contributed by atoms with Gasteiger partial charge in [-0.05, 0) is 42.0 Å². The zero-order valence-electron chi connectivity index (χ0n) is 13.8. The van der Waals surface area contributed by atoms with Crippen LogP contribution in [-0.2, 0) is 6.42 Å². The molecule has 0 spiro atoms. The normalized spacial score (nSPS) is 10.3. The number of hydrogen-bond donors (Lipinski definition) is 0. The molecule has 3 heteroatoms. The molecule has 3 aromatic rings. The van der Waals surface area contributed by atoms with Crippen molar-refractivity contribution >= 4 is 45.3 Å². The van der Waals surface area contributed by atoms with Gasteiger partial charge in [0, 0.05) is 21.9 Å². The average molecular weight is 383 g/mol. The number of benzene rings is 2. The van der Waals surface area contributed by atoms with Crippen LogP contribution in [0.15, 0.2) is 35.7 Å². The summed E-state index contributed by atoms with van der Waals surface area (Å²) in [7, 11) is 0. The fourth-order valence-corrected chi connectivity index (χ4v) is 4.03. The Labute approximate surface area is 162 Å². The van der Waals surface area contributed by atoms with E-state index in [9.17, 15) is 0 Å². The van der Waals surface area contributed by atoms with Gasteiger partial charge in [-0.2, -0.15) is 0 Å². The quantitative estimate of drug-likeness (QED) is 0.430. The van der Waals surface area contributed by atoms with Crippen molar-refractivity contribution in [3.05, 3.63) is 67.3 Å². The first-order valence-corrected chi connectivity index (χ1v) is 9.75. The molecule has 0 aliphatic rings. The summed E-state index contributed by atoms with van der Waals surface area (Å²) >= 11 is 14.6. The van der Waals surface area contributed by atoms with Crippen LogP contribution in [0.1, 0.15) is 41.3 Å². The standard InChI is InChI=1S/C22H16Cl2S/c1-3-5-6-16-13-14-25-20(16)12-9-17-8-11-18-19(22(17)24)10-7-15(4-2)21(18)23/h2,7-8,10-11,13-14H,3,5-6H2,1H3. The van der Waals surface area contributed by atoms with Crippen molar-refractivity contribution in [2.24, 2.45) is 0 Å². The van der Waals surface area contributed by atoms with E-state index in [0.717, 1.165) is 27.6 Å². The Bertz CT molecular complexity index is 1030. The minimum atomic E-state index is 0.557. The number of rotatable bonds is 3. The largest absolute Gasteiger partial charge is 0.135 e. The van der Waals surface area contributed by atoms with Crippen LogP contribution in [0, 0.1) is 24.2 Å². The lowest BCUT2D eigenvalue weighted by Gasteiger charge is -2.06. The summed E-state index contributed by atoms with van der Waals surface area (Å²) in [6.45, 7) is 2.20. The van der Waals surface area contributed by atoms with Crippen molar-refractivity contribution in [2.45, 2.75) is 26.2 Å². The Morgan fingerprint density at radius 2 is 1.64 bits per heavy atom. The molecule has 0 radical (unpaired) electrons. The summed E-state index contributed by atoms with van der Waals surface area (Å²) in [6.07, 6.45) is 8.90. The third-order valence-electron chi connectivity index (χ3n) is 4.08. The molecule has 0 aliphatic heterocycles. The number of fused-ring (bicyclic) bond motifs is 1. The lowest BCUT2D eigenvalue weighted by Crippen LogP contribution is -1.86. The Morgan fingerprint density at radius 1 is 0.960 bits per heavy atom. The average Bonchev–Trinajstić information content (AvgIpc) is 3.07. The minimum absolute atomic E-state index is 0.557. The highest BCUT2D eigenvalue weighted by molar-refractivity contribution is 7.10. The Hall–Kier alpha value is -1.90. The van der Waals surface area contributed by atoms with E-state index < -0.39 is 0 Å². The predicted molar refractivity (Wildman–Crippen MR) is 111 cm³/mol. The van der Waals surface area contributed by atoms with Crippen LogP contribution in [-0.4, -0.2) is 0 Å². The van der Waals surface area contributed by atoms with E-state index in [1.807, 2.05) is 24.3 Å². The topological polar surface area (TPSA) is 0 Å². The Kier molecular flexibility index (Phi) is 5.72. The molecular weight excluding hydrogens is 367 g/mol. The Balaban J connectivity index is 2.01. The van der Waals surface area contributed by atoms with Crippen LogP contribution in [0.5, 0.6) is 0 Å². The summed E-state index contributed by atoms with van der Waals surface area (Å²) in [5, 5.41) is 4.99. The summed E-state index contributed by atoms with van der Waals surface area (Å²) < 4.78 is 0. The van der Waals surface area contributed by atoms with E-state index in [-0.39, 0.29) is 0 Å². The number of aryl methyl sites for hydroxylation is 1. The van der Waals surface area contributed by atoms with Gasteiger partial charge in [0.2, 0.25) is 0 Å². The van der Waals surface area contributed by atoms with Crippen LogP contribution >= 0.6 is 34.5 Å². The number of hydrogen-bond acceptors (Lipinski definition) is 1. The van der Waals surface area contributed by atoms with Gasteiger partial charge >= 0.3 is 0 Å². The summed E-state index contributed by atoms with van der Waals surface area (Å²) in [6, 6.07) is 9.72. The molecule has 0 fully saturated rings. The fraction of sp³-hybridized carbons (Fsp3) is 0.182. The molecule has 0 nitrogen and oxygen atoms in total. The summed E-state index contributed by atoms with van der Waals surface area (Å²) in [4.78, 5) is 1.12. The summed E-state index contributed by atoms with van der Waals surface area (Å²) in [5.41, 5.74) is 2.79. The van der Waals surface area contributed by atoms with Crippen molar-refractivity contribution in [3.8, 4) is 24.2 Å². The first-order chi connectivity index (χ1) is 12.2. The van der Waals surface area contributed by atoms with Gasteiger partial charge in [-0.3, -0.25) is 0 Å². The third kappa shape index (κ3) is 3.70. The molecule has 0 atom stereocenters. The molecule has 25 heavy (non-hydrogen) atoms. The maximum atomic E-state index is 6.56. The van der Waals surface area contributed by atoms with Crippen LogP contribution in [0.2, 0.25) is 10.0 Å². The molecule has 0 bridgehead atoms. The SMILES string of the molecule is C#Cc1ccc2c(Cl)c(C#Cc3sccc3CCCC)ccc2c1Cl. The van der Waals surface area contributed by atoms with Gasteiger partial charge in [0.15, 0.2) is 0 Å². The van der Waals surface area contributed by atoms with E-state index in [4.69, 9.17) is 29.6 Å². The zero-order chi connectivity index (χ0) is 17.8. The molecule has 124 valence electrons. The number of unbranched alkanes of at least 4 members (excludes halogenated alkanes) is 1. The van der Waals surface area contributed by atoms with Crippen molar-refractivity contribution in [3.63, 3.8) is 0 Å². The molecule has 0 unspecified atom stereocenters. The fourth-order valence-electron chi connectivity index (χ4n) is 2.67. The highest BCUT2D eigenvalue weighted by Gasteiger charge is 2.09. The lowest BCUT2D eigenvalue weighted by atomic mass is 10.0. The predicted octanol–water partition coefficient (Wildman–Crippen LogP) is 6.93. The molecule has 0 amide bonds. The molecule has 0 saturated heterocycles. The molecule has 0 saturated carbocycles. The van der Waals surface area contributed by atoms with E-state index >= 15 is 0 Å². The first kappa shape index (κ1) is 17.9. The lowest BCUT2D eigenvalue weighted by molar-refractivity contribution is 0.796. The van der Waals surface area contributed by atoms with Crippen molar-refractivity contribution in [1.82, 2.24) is 0 Å².